The Bertz CT molecular complexity index is 474. The third-order valence-corrected chi connectivity index (χ3v) is 4.50. The van der Waals surface area contributed by atoms with Crippen LogP contribution < -0.4 is 4.74 Å². The average molecular weight is 263 g/mol. The normalized spacial score (nSPS) is 27.4. The summed E-state index contributed by atoms with van der Waals surface area (Å²) in [4.78, 5) is 2.50. The van der Waals surface area contributed by atoms with Gasteiger partial charge in [0, 0.05) is 12.6 Å². The Labute approximate surface area is 114 Å². The van der Waals surface area contributed by atoms with Crippen LogP contribution in [0.5, 0.6) is 5.75 Å². The number of hydrogen-bond donors (Lipinski definition) is 0. The molecule has 1 spiro atoms. The van der Waals surface area contributed by atoms with Gasteiger partial charge in [-0.25, -0.2) is 4.39 Å². The van der Waals surface area contributed by atoms with E-state index in [4.69, 9.17) is 4.74 Å². The average Bonchev–Trinajstić information content (AvgIpc) is 2.39. The lowest BCUT2D eigenvalue weighted by Crippen LogP contribution is -2.55. The first-order valence-corrected chi connectivity index (χ1v) is 7.29. The largest absolute Gasteiger partial charge is 0.486 e. The van der Waals surface area contributed by atoms with Crippen molar-refractivity contribution in [2.24, 2.45) is 0 Å². The van der Waals surface area contributed by atoms with Gasteiger partial charge in [-0.15, -0.1) is 0 Å². The molecular weight excluding hydrogens is 241 g/mol. The maximum atomic E-state index is 13.2. The van der Waals surface area contributed by atoms with E-state index in [1.807, 2.05) is 0 Å². The summed E-state index contributed by atoms with van der Waals surface area (Å²) in [6.07, 6.45) is 4.24. The number of nitrogens with zero attached hydrogens (tertiary/aromatic N) is 1. The van der Waals surface area contributed by atoms with Crippen molar-refractivity contribution in [2.45, 2.75) is 51.2 Å². The topological polar surface area (TPSA) is 12.5 Å². The molecule has 1 aromatic carbocycles. The predicted octanol–water partition coefficient (Wildman–Crippen LogP) is 3.39. The second-order valence-electron chi connectivity index (χ2n) is 6.20. The van der Waals surface area contributed by atoms with Crippen molar-refractivity contribution in [3.63, 3.8) is 0 Å². The second-order valence-corrected chi connectivity index (χ2v) is 6.20. The molecule has 0 bridgehead atoms. The smallest absolute Gasteiger partial charge is 0.123 e. The van der Waals surface area contributed by atoms with Crippen LogP contribution in [0.1, 0.15) is 38.7 Å². The number of fused-ring (bicyclic) bond motifs is 1. The van der Waals surface area contributed by atoms with Crippen LogP contribution in [0.2, 0.25) is 0 Å². The minimum atomic E-state index is -0.161. The summed E-state index contributed by atoms with van der Waals surface area (Å²) < 4.78 is 19.5. The van der Waals surface area contributed by atoms with Crippen molar-refractivity contribution >= 4 is 0 Å². The highest BCUT2D eigenvalue weighted by molar-refractivity contribution is 5.37. The lowest BCUT2D eigenvalue weighted by molar-refractivity contribution is -0.0331. The fraction of sp³-hybridized carbons (Fsp3) is 0.625. The Morgan fingerprint density at radius 1 is 1.32 bits per heavy atom. The molecular formula is C16H22FNO. The Kier molecular flexibility index (Phi) is 3.25. The molecule has 0 aliphatic carbocycles. The van der Waals surface area contributed by atoms with Crippen LogP contribution >= 0.6 is 0 Å². The number of likely N-dealkylation sites (tertiary alicyclic amines) is 1. The third kappa shape index (κ3) is 2.48. The number of hydrogen-bond acceptors (Lipinski definition) is 2. The van der Waals surface area contributed by atoms with Gasteiger partial charge in [0.05, 0.1) is 0 Å². The molecule has 19 heavy (non-hydrogen) atoms. The molecule has 0 aromatic heterocycles. The van der Waals surface area contributed by atoms with E-state index in [1.165, 1.54) is 19.0 Å². The number of ether oxygens (including phenoxy) is 1. The molecule has 1 fully saturated rings. The summed E-state index contributed by atoms with van der Waals surface area (Å²) in [6, 6.07) is 5.47. The highest BCUT2D eigenvalue weighted by atomic mass is 19.1. The summed E-state index contributed by atoms with van der Waals surface area (Å²) in [5.41, 5.74) is 0.972. The summed E-state index contributed by atoms with van der Waals surface area (Å²) in [5.74, 6) is 0.726. The molecule has 1 saturated heterocycles. The predicted molar refractivity (Wildman–Crippen MR) is 74.0 cm³/mol. The van der Waals surface area contributed by atoms with Gasteiger partial charge in [0.1, 0.15) is 17.2 Å². The molecule has 0 saturated carbocycles. The zero-order chi connectivity index (χ0) is 13.5. The van der Waals surface area contributed by atoms with Gasteiger partial charge in [0.15, 0.2) is 0 Å². The van der Waals surface area contributed by atoms with Crippen LogP contribution in [-0.2, 0) is 6.42 Å². The van der Waals surface area contributed by atoms with Crippen LogP contribution in [0, 0.1) is 5.82 Å². The number of halogens is 1. The molecule has 2 aliphatic rings. The first kappa shape index (κ1) is 12.9. The minimum absolute atomic E-state index is 0.0483. The van der Waals surface area contributed by atoms with Crippen molar-refractivity contribution < 1.29 is 9.13 Å². The first-order valence-electron chi connectivity index (χ1n) is 7.29. The third-order valence-electron chi connectivity index (χ3n) is 4.50. The Morgan fingerprint density at radius 2 is 2.16 bits per heavy atom. The van der Waals surface area contributed by atoms with Crippen LogP contribution in [0.3, 0.4) is 0 Å². The van der Waals surface area contributed by atoms with Gasteiger partial charge in [0.2, 0.25) is 0 Å². The van der Waals surface area contributed by atoms with Crippen molar-refractivity contribution in [1.29, 1.82) is 0 Å². The SMILES string of the molecule is CC(C)N1CCCC2(CCc3cc(F)ccc3O2)C1. The standard InChI is InChI=1S/C16H22FNO/c1-12(2)18-9-3-7-16(11-18)8-6-13-10-14(17)4-5-15(13)19-16/h4-5,10,12H,3,6-9,11H2,1-2H3. The zero-order valence-corrected chi connectivity index (χ0v) is 11.8. The van der Waals surface area contributed by atoms with Crippen molar-refractivity contribution in [3.05, 3.63) is 29.6 Å². The molecule has 3 rings (SSSR count). The van der Waals surface area contributed by atoms with E-state index in [9.17, 15) is 4.39 Å². The van der Waals surface area contributed by atoms with Gasteiger partial charge in [-0.3, -0.25) is 4.90 Å². The molecule has 2 heterocycles. The van der Waals surface area contributed by atoms with Gasteiger partial charge in [-0.05, 0) is 69.8 Å². The van der Waals surface area contributed by atoms with Crippen LogP contribution in [-0.4, -0.2) is 29.6 Å². The van der Waals surface area contributed by atoms with Gasteiger partial charge in [-0.1, -0.05) is 0 Å². The fourth-order valence-electron chi connectivity index (χ4n) is 3.35. The van der Waals surface area contributed by atoms with Gasteiger partial charge in [0.25, 0.3) is 0 Å². The Balaban J connectivity index is 1.82. The number of piperidine rings is 1. The summed E-state index contributed by atoms with van der Waals surface area (Å²) in [5, 5.41) is 0. The van der Waals surface area contributed by atoms with E-state index < -0.39 is 0 Å². The molecule has 104 valence electrons. The van der Waals surface area contributed by atoms with Crippen LogP contribution in [0.15, 0.2) is 18.2 Å². The Hall–Kier alpha value is -1.09. The van der Waals surface area contributed by atoms with E-state index in [0.717, 1.165) is 37.1 Å². The van der Waals surface area contributed by atoms with Gasteiger partial charge in [-0.2, -0.15) is 0 Å². The van der Waals surface area contributed by atoms with Crippen molar-refractivity contribution in [2.75, 3.05) is 13.1 Å². The second kappa shape index (κ2) is 4.78. The summed E-state index contributed by atoms with van der Waals surface area (Å²) in [6.45, 7) is 6.65. The molecule has 2 nitrogen and oxygen atoms in total. The van der Waals surface area contributed by atoms with Gasteiger partial charge < -0.3 is 4.74 Å². The monoisotopic (exact) mass is 263 g/mol. The van der Waals surface area contributed by atoms with Crippen LogP contribution in [0.25, 0.3) is 0 Å². The van der Waals surface area contributed by atoms with Crippen molar-refractivity contribution in [1.82, 2.24) is 4.90 Å². The van der Waals surface area contributed by atoms with Crippen molar-refractivity contribution in [3.8, 4) is 5.75 Å². The van der Waals surface area contributed by atoms with Gasteiger partial charge >= 0.3 is 0 Å². The fourth-order valence-corrected chi connectivity index (χ4v) is 3.35. The van der Waals surface area contributed by atoms with E-state index >= 15 is 0 Å². The first-order chi connectivity index (χ1) is 9.08. The lowest BCUT2D eigenvalue weighted by Gasteiger charge is -2.46. The van der Waals surface area contributed by atoms with Crippen LogP contribution in [0.4, 0.5) is 4.39 Å². The molecule has 1 unspecified atom stereocenters. The molecule has 0 N–H and O–H groups in total. The zero-order valence-electron chi connectivity index (χ0n) is 11.8. The summed E-state index contributed by atoms with van der Waals surface area (Å²) >= 11 is 0. The van der Waals surface area contributed by atoms with E-state index in [0.29, 0.717) is 6.04 Å². The molecule has 1 atom stereocenters. The molecule has 3 heteroatoms. The minimum Gasteiger partial charge on any atom is -0.486 e. The maximum Gasteiger partial charge on any atom is 0.123 e. The molecule has 0 radical (unpaired) electrons. The lowest BCUT2D eigenvalue weighted by atomic mass is 9.84. The highest BCUT2D eigenvalue weighted by Gasteiger charge is 2.40. The van der Waals surface area contributed by atoms with E-state index in [2.05, 4.69) is 18.7 Å². The Morgan fingerprint density at radius 3 is 2.95 bits per heavy atom. The number of benzene rings is 1. The number of aryl methyl sites for hydroxylation is 1. The van der Waals surface area contributed by atoms with E-state index in [1.54, 1.807) is 12.1 Å². The number of rotatable bonds is 1. The molecule has 1 aromatic rings. The molecule has 0 amide bonds. The summed E-state index contributed by atoms with van der Waals surface area (Å²) in [7, 11) is 0. The maximum absolute atomic E-state index is 13.2. The quantitative estimate of drug-likeness (QED) is 0.770. The van der Waals surface area contributed by atoms with E-state index in [-0.39, 0.29) is 11.4 Å². The highest BCUT2D eigenvalue weighted by Crippen LogP contribution is 2.38. The molecule has 2 aliphatic heterocycles.